The lowest BCUT2D eigenvalue weighted by molar-refractivity contribution is 0.0205. The molecule has 0 heterocycles. The Morgan fingerprint density at radius 1 is 1.00 bits per heavy atom. The molecule has 1 saturated carbocycles. The third-order valence-corrected chi connectivity index (χ3v) is 4.51. The summed E-state index contributed by atoms with van der Waals surface area (Å²) in [6, 6.07) is 0.728. The molecule has 0 bridgehead atoms. The summed E-state index contributed by atoms with van der Waals surface area (Å²) in [6.45, 7) is 5.70. The standard InChI is InChI=1S/C17H36N2O/c1-4-5-6-13-19(3)14-7-8-15-20-17-11-9-16(18-2)10-12-17/h16-18H,4-15H2,1-3H3/t16-,17-. The first-order chi connectivity index (χ1) is 9.76. The lowest BCUT2D eigenvalue weighted by atomic mass is 9.93. The Morgan fingerprint density at radius 2 is 1.65 bits per heavy atom. The maximum Gasteiger partial charge on any atom is 0.0576 e. The Balaban J connectivity index is 1.89. The van der Waals surface area contributed by atoms with Crippen molar-refractivity contribution >= 4 is 0 Å². The van der Waals surface area contributed by atoms with Crippen molar-refractivity contribution in [3.05, 3.63) is 0 Å². The second-order valence-electron chi connectivity index (χ2n) is 6.35. The van der Waals surface area contributed by atoms with Gasteiger partial charge in [0.15, 0.2) is 0 Å². The zero-order valence-corrected chi connectivity index (χ0v) is 14.0. The molecule has 1 aliphatic rings. The number of unbranched alkanes of at least 4 members (excludes halogenated alkanes) is 3. The number of nitrogens with one attached hydrogen (secondary N) is 1. The lowest BCUT2D eigenvalue weighted by Gasteiger charge is -2.28. The van der Waals surface area contributed by atoms with Crippen LogP contribution in [-0.2, 0) is 4.74 Å². The largest absolute Gasteiger partial charge is 0.378 e. The van der Waals surface area contributed by atoms with E-state index in [1.165, 1.54) is 70.9 Å². The molecule has 120 valence electrons. The quantitative estimate of drug-likeness (QED) is 0.588. The average Bonchev–Trinajstić information content (AvgIpc) is 2.48. The summed E-state index contributed by atoms with van der Waals surface area (Å²) >= 11 is 0. The maximum atomic E-state index is 6.01. The molecule has 0 amide bonds. The number of nitrogens with zero attached hydrogens (tertiary/aromatic N) is 1. The smallest absolute Gasteiger partial charge is 0.0576 e. The number of ether oxygens (including phenoxy) is 1. The van der Waals surface area contributed by atoms with E-state index >= 15 is 0 Å². The van der Waals surface area contributed by atoms with Gasteiger partial charge in [-0.25, -0.2) is 0 Å². The number of hydrogen-bond donors (Lipinski definition) is 1. The van der Waals surface area contributed by atoms with Crippen molar-refractivity contribution in [2.75, 3.05) is 33.8 Å². The molecule has 0 aliphatic heterocycles. The van der Waals surface area contributed by atoms with Gasteiger partial charge in [-0.2, -0.15) is 0 Å². The Kier molecular flexibility index (Phi) is 10.3. The lowest BCUT2D eigenvalue weighted by Crippen LogP contribution is -2.33. The van der Waals surface area contributed by atoms with E-state index in [0.717, 1.165) is 12.6 Å². The summed E-state index contributed by atoms with van der Waals surface area (Å²) in [4.78, 5) is 2.47. The number of hydrogen-bond acceptors (Lipinski definition) is 3. The molecular weight excluding hydrogens is 248 g/mol. The highest BCUT2D eigenvalue weighted by atomic mass is 16.5. The van der Waals surface area contributed by atoms with Crippen LogP contribution in [0.25, 0.3) is 0 Å². The first-order valence-electron chi connectivity index (χ1n) is 8.73. The SMILES string of the molecule is CCCCCN(C)CCCCO[C@H]1CC[C@H](NC)CC1. The Hall–Kier alpha value is -0.120. The van der Waals surface area contributed by atoms with Crippen molar-refractivity contribution in [2.45, 2.75) is 76.9 Å². The van der Waals surface area contributed by atoms with Gasteiger partial charge < -0.3 is 15.0 Å². The van der Waals surface area contributed by atoms with Gasteiger partial charge in [0.05, 0.1) is 6.10 Å². The minimum atomic E-state index is 0.530. The van der Waals surface area contributed by atoms with E-state index in [4.69, 9.17) is 4.74 Å². The molecular formula is C17H36N2O. The van der Waals surface area contributed by atoms with Gasteiger partial charge in [-0.3, -0.25) is 0 Å². The monoisotopic (exact) mass is 284 g/mol. The molecule has 0 radical (unpaired) electrons. The molecule has 1 N–H and O–H groups in total. The van der Waals surface area contributed by atoms with Crippen LogP contribution in [0.5, 0.6) is 0 Å². The van der Waals surface area contributed by atoms with Crippen LogP contribution in [0.2, 0.25) is 0 Å². The van der Waals surface area contributed by atoms with Crippen LogP contribution in [0.15, 0.2) is 0 Å². The van der Waals surface area contributed by atoms with Crippen LogP contribution in [0.3, 0.4) is 0 Å². The average molecular weight is 284 g/mol. The molecule has 1 rings (SSSR count). The molecule has 1 fully saturated rings. The van der Waals surface area contributed by atoms with E-state index in [1.807, 2.05) is 0 Å². The summed E-state index contributed by atoms with van der Waals surface area (Å²) in [5, 5.41) is 3.37. The normalized spacial score (nSPS) is 23.4. The Bertz CT molecular complexity index is 215. The molecule has 1 aliphatic carbocycles. The maximum absolute atomic E-state index is 6.01. The first kappa shape index (κ1) is 17.9. The second kappa shape index (κ2) is 11.5. The summed E-state index contributed by atoms with van der Waals surface area (Å²) in [5.41, 5.74) is 0. The van der Waals surface area contributed by atoms with Crippen LogP contribution in [0.1, 0.15) is 64.7 Å². The highest BCUT2D eigenvalue weighted by Gasteiger charge is 2.19. The third kappa shape index (κ3) is 8.23. The van der Waals surface area contributed by atoms with Crippen LogP contribution >= 0.6 is 0 Å². The molecule has 0 unspecified atom stereocenters. The molecule has 0 saturated heterocycles. The fourth-order valence-corrected chi connectivity index (χ4v) is 3.00. The zero-order chi connectivity index (χ0) is 14.6. The molecule has 0 aromatic carbocycles. The zero-order valence-electron chi connectivity index (χ0n) is 14.0. The topological polar surface area (TPSA) is 24.5 Å². The minimum Gasteiger partial charge on any atom is -0.378 e. The van der Waals surface area contributed by atoms with E-state index in [2.05, 4.69) is 31.2 Å². The van der Waals surface area contributed by atoms with Gasteiger partial charge in [0.1, 0.15) is 0 Å². The van der Waals surface area contributed by atoms with Gasteiger partial charge >= 0.3 is 0 Å². The Labute approximate surface area is 126 Å². The summed E-state index contributed by atoms with van der Waals surface area (Å²) < 4.78 is 6.01. The first-order valence-corrected chi connectivity index (χ1v) is 8.73. The van der Waals surface area contributed by atoms with Gasteiger partial charge in [0, 0.05) is 12.6 Å². The molecule has 0 spiro atoms. The minimum absolute atomic E-state index is 0.530. The van der Waals surface area contributed by atoms with Crippen molar-refractivity contribution in [2.24, 2.45) is 0 Å². The summed E-state index contributed by atoms with van der Waals surface area (Å²) in [6.07, 6.45) is 12.1. The van der Waals surface area contributed by atoms with E-state index < -0.39 is 0 Å². The van der Waals surface area contributed by atoms with E-state index in [9.17, 15) is 0 Å². The molecule has 0 atom stereocenters. The summed E-state index contributed by atoms with van der Waals surface area (Å²) in [7, 11) is 4.32. The third-order valence-electron chi connectivity index (χ3n) is 4.51. The fraction of sp³-hybridized carbons (Fsp3) is 1.00. The van der Waals surface area contributed by atoms with Crippen molar-refractivity contribution in [1.29, 1.82) is 0 Å². The van der Waals surface area contributed by atoms with Crippen LogP contribution in [0.4, 0.5) is 0 Å². The predicted molar refractivity (Wildman–Crippen MR) is 87.3 cm³/mol. The van der Waals surface area contributed by atoms with Crippen LogP contribution in [0, 0.1) is 0 Å². The van der Waals surface area contributed by atoms with Crippen molar-refractivity contribution < 1.29 is 4.74 Å². The number of rotatable bonds is 11. The van der Waals surface area contributed by atoms with Gasteiger partial charge in [-0.15, -0.1) is 0 Å². The second-order valence-corrected chi connectivity index (χ2v) is 6.35. The molecule has 20 heavy (non-hydrogen) atoms. The molecule has 3 nitrogen and oxygen atoms in total. The highest BCUT2D eigenvalue weighted by molar-refractivity contribution is 4.76. The van der Waals surface area contributed by atoms with Crippen molar-refractivity contribution in [1.82, 2.24) is 10.2 Å². The van der Waals surface area contributed by atoms with Crippen LogP contribution < -0.4 is 5.32 Å². The fourth-order valence-electron chi connectivity index (χ4n) is 3.00. The molecule has 3 heteroatoms. The molecule has 0 aromatic rings. The highest BCUT2D eigenvalue weighted by Crippen LogP contribution is 2.21. The van der Waals surface area contributed by atoms with Gasteiger partial charge in [-0.1, -0.05) is 19.8 Å². The summed E-state index contributed by atoms with van der Waals surface area (Å²) in [5.74, 6) is 0. The van der Waals surface area contributed by atoms with Gasteiger partial charge in [0.2, 0.25) is 0 Å². The van der Waals surface area contributed by atoms with Gasteiger partial charge in [0.25, 0.3) is 0 Å². The van der Waals surface area contributed by atoms with E-state index in [0.29, 0.717) is 6.10 Å². The molecule has 0 aromatic heterocycles. The van der Waals surface area contributed by atoms with Crippen molar-refractivity contribution in [3.8, 4) is 0 Å². The van der Waals surface area contributed by atoms with E-state index in [-0.39, 0.29) is 0 Å². The van der Waals surface area contributed by atoms with Gasteiger partial charge in [-0.05, 0) is 72.1 Å². The predicted octanol–water partition coefficient (Wildman–Crippen LogP) is 3.44. The van der Waals surface area contributed by atoms with Crippen LogP contribution in [-0.4, -0.2) is 50.8 Å². The van der Waals surface area contributed by atoms with Crippen molar-refractivity contribution in [3.63, 3.8) is 0 Å². The van der Waals surface area contributed by atoms with E-state index in [1.54, 1.807) is 0 Å². The Morgan fingerprint density at radius 3 is 2.25 bits per heavy atom.